The van der Waals surface area contributed by atoms with E-state index in [1.165, 1.54) is 0 Å². The summed E-state index contributed by atoms with van der Waals surface area (Å²) in [6.45, 7) is 1.29. The van der Waals surface area contributed by atoms with Crippen LogP contribution in [0.4, 0.5) is 0 Å². The van der Waals surface area contributed by atoms with Crippen molar-refractivity contribution in [3.05, 3.63) is 0 Å². The van der Waals surface area contributed by atoms with Crippen LogP contribution in [0.1, 0.15) is 19.3 Å². The lowest BCUT2D eigenvalue weighted by Gasteiger charge is -2.40. The standard InChI is InChI=1S/C9H19BN2O4/c11-9(8(13)14,7-5-12-6-7)3-1-2-4-10(15)16/h7,12,15-16H,1-6,11H2,(H,13,14). The topological polar surface area (TPSA) is 116 Å². The molecular weight excluding hydrogens is 211 g/mol. The number of hydrogen-bond acceptors (Lipinski definition) is 5. The monoisotopic (exact) mass is 230 g/mol. The molecule has 1 rings (SSSR count). The molecule has 0 amide bonds. The van der Waals surface area contributed by atoms with E-state index in [0.29, 0.717) is 32.4 Å². The van der Waals surface area contributed by atoms with Crippen molar-refractivity contribution in [3.8, 4) is 0 Å². The smallest absolute Gasteiger partial charge is 0.451 e. The zero-order valence-corrected chi connectivity index (χ0v) is 9.22. The van der Waals surface area contributed by atoms with Gasteiger partial charge in [-0.15, -0.1) is 0 Å². The third-order valence-corrected chi connectivity index (χ3v) is 3.21. The van der Waals surface area contributed by atoms with Crippen LogP contribution in [0.15, 0.2) is 0 Å². The van der Waals surface area contributed by atoms with Crippen LogP contribution in [0.25, 0.3) is 0 Å². The highest BCUT2D eigenvalue weighted by molar-refractivity contribution is 6.40. The summed E-state index contributed by atoms with van der Waals surface area (Å²) in [5.41, 5.74) is 4.72. The Morgan fingerprint density at radius 3 is 2.44 bits per heavy atom. The van der Waals surface area contributed by atoms with Gasteiger partial charge in [0.05, 0.1) is 0 Å². The lowest BCUT2D eigenvalue weighted by Crippen LogP contribution is -2.64. The normalized spacial score (nSPS) is 19.9. The molecule has 1 fully saturated rings. The van der Waals surface area contributed by atoms with Gasteiger partial charge < -0.3 is 26.2 Å². The highest BCUT2D eigenvalue weighted by Gasteiger charge is 2.44. The number of aliphatic carboxylic acids is 1. The Morgan fingerprint density at radius 1 is 1.44 bits per heavy atom. The summed E-state index contributed by atoms with van der Waals surface area (Å²) in [7, 11) is -1.32. The fraction of sp³-hybridized carbons (Fsp3) is 0.889. The molecule has 0 bridgehead atoms. The van der Waals surface area contributed by atoms with Crippen molar-refractivity contribution in [3.63, 3.8) is 0 Å². The van der Waals surface area contributed by atoms with Gasteiger partial charge in [0.15, 0.2) is 0 Å². The number of carboxylic acids is 1. The van der Waals surface area contributed by atoms with E-state index in [-0.39, 0.29) is 12.2 Å². The van der Waals surface area contributed by atoms with Gasteiger partial charge in [-0.05, 0) is 12.7 Å². The van der Waals surface area contributed by atoms with E-state index >= 15 is 0 Å². The number of hydrogen-bond donors (Lipinski definition) is 5. The lowest BCUT2D eigenvalue weighted by atomic mass is 9.75. The van der Waals surface area contributed by atoms with Crippen molar-refractivity contribution in [2.45, 2.75) is 31.1 Å². The highest BCUT2D eigenvalue weighted by Crippen LogP contribution is 2.25. The summed E-state index contributed by atoms with van der Waals surface area (Å²) < 4.78 is 0. The Bertz CT molecular complexity index is 248. The summed E-state index contributed by atoms with van der Waals surface area (Å²) in [6.07, 6.45) is 1.81. The predicted octanol–water partition coefficient (Wildman–Crippen LogP) is -1.37. The lowest BCUT2D eigenvalue weighted by molar-refractivity contribution is -0.147. The second kappa shape index (κ2) is 5.63. The number of rotatable bonds is 7. The zero-order chi connectivity index (χ0) is 12.2. The van der Waals surface area contributed by atoms with Crippen LogP contribution in [0.2, 0.25) is 6.32 Å². The van der Waals surface area contributed by atoms with E-state index < -0.39 is 18.6 Å². The molecular formula is C9H19BN2O4. The molecule has 92 valence electrons. The number of carbonyl (C=O) groups is 1. The molecule has 7 heteroatoms. The Labute approximate surface area is 95.0 Å². The maximum Gasteiger partial charge on any atom is 0.451 e. The van der Waals surface area contributed by atoms with E-state index in [0.717, 1.165) is 0 Å². The summed E-state index contributed by atoms with van der Waals surface area (Å²) in [4.78, 5) is 11.1. The molecule has 0 radical (unpaired) electrons. The number of nitrogens with two attached hydrogens (primary N) is 1. The maximum absolute atomic E-state index is 11.1. The van der Waals surface area contributed by atoms with Gasteiger partial charge >= 0.3 is 13.1 Å². The molecule has 0 spiro atoms. The largest absolute Gasteiger partial charge is 0.480 e. The van der Waals surface area contributed by atoms with Crippen LogP contribution in [0.3, 0.4) is 0 Å². The molecule has 16 heavy (non-hydrogen) atoms. The van der Waals surface area contributed by atoms with Gasteiger partial charge in [-0.3, -0.25) is 4.79 Å². The van der Waals surface area contributed by atoms with Gasteiger partial charge in [-0.2, -0.15) is 0 Å². The summed E-state index contributed by atoms with van der Waals surface area (Å²) in [5.74, 6) is -0.993. The van der Waals surface area contributed by atoms with Crippen molar-refractivity contribution in [1.82, 2.24) is 5.32 Å². The third-order valence-electron chi connectivity index (χ3n) is 3.21. The van der Waals surface area contributed by atoms with E-state index in [1.807, 2.05) is 0 Å². The minimum Gasteiger partial charge on any atom is -0.480 e. The Hall–Kier alpha value is -0.625. The van der Waals surface area contributed by atoms with Crippen molar-refractivity contribution < 1.29 is 19.9 Å². The average molecular weight is 230 g/mol. The molecule has 1 aliphatic heterocycles. The molecule has 6 N–H and O–H groups in total. The molecule has 0 aromatic rings. The molecule has 1 saturated heterocycles. The second-order valence-corrected chi connectivity index (χ2v) is 4.43. The predicted molar refractivity (Wildman–Crippen MR) is 59.8 cm³/mol. The summed E-state index contributed by atoms with van der Waals surface area (Å²) >= 11 is 0. The van der Waals surface area contributed by atoms with Crippen LogP contribution >= 0.6 is 0 Å². The second-order valence-electron chi connectivity index (χ2n) is 4.43. The molecule has 0 aromatic carbocycles. The SMILES string of the molecule is NC(CCCCB(O)O)(C(=O)O)C1CNC1. The first-order chi connectivity index (χ1) is 7.47. The number of carboxylic acid groups (broad SMARTS) is 1. The van der Waals surface area contributed by atoms with E-state index in [2.05, 4.69) is 5.32 Å². The van der Waals surface area contributed by atoms with Gasteiger partial charge in [0.25, 0.3) is 0 Å². The van der Waals surface area contributed by atoms with Crippen LogP contribution in [0, 0.1) is 5.92 Å². The molecule has 0 saturated carbocycles. The van der Waals surface area contributed by atoms with Crippen molar-refractivity contribution in [2.24, 2.45) is 11.7 Å². The fourth-order valence-electron chi connectivity index (χ4n) is 1.88. The van der Waals surface area contributed by atoms with Gasteiger partial charge in [-0.1, -0.05) is 12.8 Å². The van der Waals surface area contributed by atoms with Crippen LogP contribution in [-0.2, 0) is 4.79 Å². The van der Waals surface area contributed by atoms with Crippen LogP contribution in [0.5, 0.6) is 0 Å². The molecule has 0 aliphatic carbocycles. The summed E-state index contributed by atoms with van der Waals surface area (Å²) in [6, 6.07) is 0. The molecule has 6 nitrogen and oxygen atoms in total. The van der Waals surface area contributed by atoms with Crippen LogP contribution < -0.4 is 11.1 Å². The fourth-order valence-corrected chi connectivity index (χ4v) is 1.88. The quantitative estimate of drug-likeness (QED) is 0.272. The Kier molecular flexibility index (Phi) is 4.73. The van der Waals surface area contributed by atoms with E-state index in [9.17, 15) is 4.79 Å². The molecule has 1 heterocycles. The molecule has 1 unspecified atom stereocenters. The van der Waals surface area contributed by atoms with Crippen molar-refractivity contribution in [2.75, 3.05) is 13.1 Å². The van der Waals surface area contributed by atoms with Gasteiger partial charge in [0, 0.05) is 19.0 Å². The van der Waals surface area contributed by atoms with E-state index in [4.69, 9.17) is 20.9 Å². The van der Waals surface area contributed by atoms with Gasteiger partial charge in [0.1, 0.15) is 5.54 Å². The molecule has 1 atom stereocenters. The minimum atomic E-state index is -1.32. The Morgan fingerprint density at radius 2 is 2.06 bits per heavy atom. The average Bonchev–Trinajstić information content (AvgIpc) is 2.09. The number of nitrogens with one attached hydrogen (secondary N) is 1. The third kappa shape index (κ3) is 3.18. The zero-order valence-electron chi connectivity index (χ0n) is 9.22. The first-order valence-electron chi connectivity index (χ1n) is 5.56. The maximum atomic E-state index is 11.1. The molecule has 1 aliphatic rings. The van der Waals surface area contributed by atoms with Gasteiger partial charge in [0.2, 0.25) is 0 Å². The summed E-state index contributed by atoms with van der Waals surface area (Å²) in [5, 5.41) is 29.4. The van der Waals surface area contributed by atoms with E-state index in [1.54, 1.807) is 0 Å². The Balaban J connectivity index is 2.36. The molecule has 0 aromatic heterocycles. The first-order valence-corrected chi connectivity index (χ1v) is 5.56. The van der Waals surface area contributed by atoms with Crippen molar-refractivity contribution >= 4 is 13.1 Å². The van der Waals surface area contributed by atoms with Crippen LogP contribution in [-0.4, -0.2) is 46.9 Å². The number of unbranched alkanes of at least 4 members (excludes halogenated alkanes) is 1. The highest BCUT2D eigenvalue weighted by atomic mass is 16.4. The minimum absolute atomic E-state index is 0.0240. The van der Waals surface area contributed by atoms with Crippen molar-refractivity contribution in [1.29, 1.82) is 0 Å². The van der Waals surface area contributed by atoms with Gasteiger partial charge in [-0.25, -0.2) is 0 Å². The first kappa shape index (κ1) is 13.4.